The zero-order chi connectivity index (χ0) is 14.7. The van der Waals surface area contributed by atoms with Crippen molar-refractivity contribution in [2.45, 2.75) is 0 Å². The van der Waals surface area contributed by atoms with E-state index in [1.54, 1.807) is 0 Å². The third-order valence-electron chi connectivity index (χ3n) is 2.45. The Labute approximate surface area is 112 Å². The van der Waals surface area contributed by atoms with Crippen LogP contribution in [0.25, 0.3) is 0 Å². The molecule has 0 radical (unpaired) electrons. The maximum absolute atomic E-state index is 12.8. The van der Waals surface area contributed by atoms with Gasteiger partial charge >= 0.3 is 11.9 Å². The number of carboxylic acid groups (broad SMARTS) is 2. The van der Waals surface area contributed by atoms with E-state index in [0.717, 1.165) is 6.07 Å². The highest BCUT2D eigenvalue weighted by molar-refractivity contribution is 5.94. The molecule has 0 spiro atoms. The summed E-state index contributed by atoms with van der Waals surface area (Å²) in [5, 5.41) is 17.8. The smallest absolute Gasteiger partial charge is 0.335 e. The van der Waals surface area contributed by atoms with Crippen LogP contribution in [-0.4, -0.2) is 22.2 Å². The first kappa shape index (κ1) is 13.5. The SMILES string of the molecule is O=C(O)c1cc(Oc2ccc(F)cc2)cc(C(=O)O)c1. The molecule has 0 saturated heterocycles. The summed E-state index contributed by atoms with van der Waals surface area (Å²) in [5.74, 6) is -2.66. The van der Waals surface area contributed by atoms with Crippen molar-refractivity contribution in [2.75, 3.05) is 0 Å². The first-order valence-corrected chi connectivity index (χ1v) is 5.51. The van der Waals surface area contributed by atoms with Crippen LogP contribution < -0.4 is 4.74 Å². The molecule has 0 aliphatic carbocycles. The molecule has 0 aliphatic heterocycles. The van der Waals surface area contributed by atoms with Gasteiger partial charge in [0.1, 0.15) is 17.3 Å². The van der Waals surface area contributed by atoms with E-state index in [9.17, 15) is 14.0 Å². The molecule has 0 atom stereocenters. The van der Waals surface area contributed by atoms with E-state index >= 15 is 0 Å². The Kier molecular flexibility index (Phi) is 3.65. The summed E-state index contributed by atoms with van der Waals surface area (Å²) >= 11 is 0. The minimum absolute atomic E-state index is 0.0499. The fraction of sp³-hybridized carbons (Fsp3) is 0. The Balaban J connectivity index is 2.37. The second-order valence-electron chi connectivity index (χ2n) is 3.91. The predicted octanol–water partition coefficient (Wildman–Crippen LogP) is 3.01. The molecule has 2 rings (SSSR count). The minimum atomic E-state index is -1.27. The van der Waals surface area contributed by atoms with Crippen molar-refractivity contribution in [1.82, 2.24) is 0 Å². The first-order valence-electron chi connectivity index (χ1n) is 5.51. The van der Waals surface area contributed by atoms with Crippen molar-refractivity contribution in [3.8, 4) is 11.5 Å². The number of carbonyl (C=O) groups is 2. The molecule has 0 fully saturated rings. The second kappa shape index (κ2) is 5.40. The molecule has 0 aromatic heterocycles. The standard InChI is InChI=1S/C14H9FO5/c15-10-1-3-11(4-2-10)20-12-6-8(13(16)17)5-9(7-12)14(18)19/h1-7H,(H,16,17)(H,18,19). The van der Waals surface area contributed by atoms with Gasteiger partial charge in [-0.15, -0.1) is 0 Å². The Morgan fingerprint density at radius 2 is 1.35 bits per heavy atom. The van der Waals surface area contributed by atoms with Gasteiger partial charge in [0.05, 0.1) is 11.1 Å². The van der Waals surface area contributed by atoms with Crippen molar-refractivity contribution < 1.29 is 28.9 Å². The van der Waals surface area contributed by atoms with E-state index in [1.165, 1.54) is 36.4 Å². The summed E-state index contributed by atoms with van der Waals surface area (Å²) in [4.78, 5) is 21.9. The average molecular weight is 276 g/mol. The summed E-state index contributed by atoms with van der Waals surface area (Å²) in [5.41, 5.74) is -0.413. The van der Waals surface area contributed by atoms with Crippen LogP contribution in [0.2, 0.25) is 0 Å². The lowest BCUT2D eigenvalue weighted by Crippen LogP contribution is -2.03. The van der Waals surface area contributed by atoms with Gasteiger partial charge in [0.25, 0.3) is 0 Å². The molecule has 0 unspecified atom stereocenters. The van der Waals surface area contributed by atoms with E-state index < -0.39 is 17.8 Å². The topological polar surface area (TPSA) is 83.8 Å². The molecule has 0 heterocycles. The summed E-state index contributed by atoms with van der Waals surface area (Å²) in [7, 11) is 0. The maximum Gasteiger partial charge on any atom is 0.335 e. The molecule has 0 aliphatic rings. The second-order valence-corrected chi connectivity index (χ2v) is 3.91. The maximum atomic E-state index is 12.8. The normalized spacial score (nSPS) is 10.1. The lowest BCUT2D eigenvalue weighted by Gasteiger charge is -2.08. The number of carboxylic acids is 2. The van der Waals surface area contributed by atoms with Crippen LogP contribution in [0.1, 0.15) is 20.7 Å². The molecule has 0 amide bonds. The Morgan fingerprint density at radius 1 is 0.850 bits per heavy atom. The van der Waals surface area contributed by atoms with Crippen molar-refractivity contribution in [3.63, 3.8) is 0 Å². The fourth-order valence-electron chi connectivity index (χ4n) is 1.54. The summed E-state index contributed by atoms with van der Waals surface area (Å²) < 4.78 is 18.1. The highest BCUT2D eigenvalue weighted by Crippen LogP contribution is 2.24. The molecule has 20 heavy (non-hydrogen) atoms. The minimum Gasteiger partial charge on any atom is -0.478 e. The monoisotopic (exact) mass is 276 g/mol. The highest BCUT2D eigenvalue weighted by atomic mass is 19.1. The fourth-order valence-corrected chi connectivity index (χ4v) is 1.54. The number of hydrogen-bond acceptors (Lipinski definition) is 3. The molecule has 2 N–H and O–H groups in total. The van der Waals surface area contributed by atoms with E-state index in [2.05, 4.69) is 0 Å². The third kappa shape index (κ3) is 3.11. The Morgan fingerprint density at radius 3 is 1.80 bits per heavy atom. The molecule has 0 saturated carbocycles. The molecular weight excluding hydrogens is 267 g/mol. The van der Waals surface area contributed by atoms with Gasteiger partial charge in [-0.2, -0.15) is 0 Å². The number of aromatic carboxylic acids is 2. The number of ether oxygens (including phenoxy) is 1. The molecule has 5 nitrogen and oxygen atoms in total. The lowest BCUT2D eigenvalue weighted by molar-refractivity contribution is 0.0696. The summed E-state index contributed by atoms with van der Waals surface area (Å²) in [6, 6.07) is 8.47. The largest absolute Gasteiger partial charge is 0.478 e. The number of benzene rings is 2. The molecule has 0 bridgehead atoms. The number of halogens is 1. The Hall–Kier alpha value is -2.89. The zero-order valence-electron chi connectivity index (χ0n) is 10.0. The van der Waals surface area contributed by atoms with Crippen LogP contribution in [0.15, 0.2) is 42.5 Å². The van der Waals surface area contributed by atoms with E-state index in [0.29, 0.717) is 0 Å². The number of hydrogen-bond donors (Lipinski definition) is 2. The predicted molar refractivity (Wildman–Crippen MR) is 66.8 cm³/mol. The van der Waals surface area contributed by atoms with Gasteiger partial charge in [0, 0.05) is 0 Å². The van der Waals surface area contributed by atoms with Gasteiger partial charge in [0.15, 0.2) is 0 Å². The first-order chi connectivity index (χ1) is 9.45. The highest BCUT2D eigenvalue weighted by Gasteiger charge is 2.12. The van der Waals surface area contributed by atoms with Gasteiger partial charge in [-0.1, -0.05) is 0 Å². The molecule has 2 aromatic rings. The van der Waals surface area contributed by atoms with Crippen LogP contribution in [0.5, 0.6) is 11.5 Å². The summed E-state index contributed by atoms with van der Waals surface area (Å²) in [6.45, 7) is 0. The van der Waals surface area contributed by atoms with Crippen LogP contribution >= 0.6 is 0 Å². The lowest BCUT2D eigenvalue weighted by atomic mass is 10.1. The molecule has 6 heteroatoms. The van der Waals surface area contributed by atoms with E-state index in [1.807, 2.05) is 0 Å². The number of rotatable bonds is 4. The molecule has 102 valence electrons. The van der Waals surface area contributed by atoms with Gasteiger partial charge in [-0.3, -0.25) is 0 Å². The van der Waals surface area contributed by atoms with E-state index in [-0.39, 0.29) is 22.6 Å². The van der Waals surface area contributed by atoms with Gasteiger partial charge in [0.2, 0.25) is 0 Å². The van der Waals surface area contributed by atoms with Crippen molar-refractivity contribution in [2.24, 2.45) is 0 Å². The quantitative estimate of drug-likeness (QED) is 0.896. The van der Waals surface area contributed by atoms with Crippen molar-refractivity contribution >= 4 is 11.9 Å². The third-order valence-corrected chi connectivity index (χ3v) is 2.45. The zero-order valence-corrected chi connectivity index (χ0v) is 10.0. The van der Waals surface area contributed by atoms with Crippen LogP contribution in [-0.2, 0) is 0 Å². The molecular formula is C14H9FO5. The van der Waals surface area contributed by atoms with E-state index in [4.69, 9.17) is 14.9 Å². The average Bonchev–Trinajstić information content (AvgIpc) is 2.41. The molecule has 2 aromatic carbocycles. The van der Waals surface area contributed by atoms with Crippen molar-refractivity contribution in [1.29, 1.82) is 0 Å². The summed E-state index contributed by atoms with van der Waals surface area (Å²) in [6.07, 6.45) is 0. The van der Waals surface area contributed by atoms with Gasteiger partial charge in [-0.25, -0.2) is 14.0 Å². The Bertz CT molecular complexity index is 632. The van der Waals surface area contributed by atoms with Gasteiger partial charge < -0.3 is 14.9 Å². The van der Waals surface area contributed by atoms with Crippen LogP contribution in [0.4, 0.5) is 4.39 Å². The van der Waals surface area contributed by atoms with Crippen molar-refractivity contribution in [3.05, 3.63) is 59.4 Å². The van der Waals surface area contributed by atoms with Crippen LogP contribution in [0, 0.1) is 5.82 Å². The van der Waals surface area contributed by atoms with Crippen LogP contribution in [0.3, 0.4) is 0 Å². The van der Waals surface area contributed by atoms with Gasteiger partial charge in [-0.05, 0) is 42.5 Å².